The van der Waals surface area contributed by atoms with E-state index >= 15 is 0 Å². The molecule has 1 aromatic rings. The smallest absolute Gasteiger partial charge is 0.378 e. The summed E-state index contributed by atoms with van der Waals surface area (Å²) in [6, 6.07) is 0. The van der Waals surface area contributed by atoms with Crippen molar-refractivity contribution in [1.29, 1.82) is 0 Å². The topological polar surface area (TPSA) is 67.9 Å². The third kappa shape index (κ3) is 1.60. The molecule has 2 unspecified atom stereocenters. The van der Waals surface area contributed by atoms with Crippen LogP contribution < -0.4 is 0 Å². The van der Waals surface area contributed by atoms with Crippen LogP contribution in [0.1, 0.15) is 48.5 Å². The van der Waals surface area contributed by atoms with Crippen molar-refractivity contribution in [3.63, 3.8) is 0 Å². The van der Waals surface area contributed by atoms with Gasteiger partial charge in [0, 0.05) is 5.92 Å². The Balaban J connectivity index is 1.70. The number of carbonyl (C=O) groups is 1. The number of rotatable bonds is 3. The van der Waals surface area contributed by atoms with Gasteiger partial charge in [0.2, 0.25) is 0 Å². The van der Waals surface area contributed by atoms with Gasteiger partial charge in [0.05, 0.1) is 6.61 Å². The second kappa shape index (κ2) is 3.57. The van der Waals surface area contributed by atoms with Crippen molar-refractivity contribution >= 4 is 5.97 Å². The lowest BCUT2D eigenvalue weighted by Gasteiger charge is -2.05. The molecule has 3 rings (SSSR count). The predicted molar refractivity (Wildman–Crippen MR) is 55.9 cm³/mol. The number of ether oxygens (including phenoxy) is 1. The number of H-pyrrole nitrogens is 1. The van der Waals surface area contributed by atoms with Crippen LogP contribution in [0.25, 0.3) is 0 Å². The number of fused-ring (bicyclic) bond motifs is 1. The lowest BCUT2D eigenvalue weighted by atomic mass is 10.0. The summed E-state index contributed by atoms with van der Waals surface area (Å²) in [7, 11) is 0. The quantitative estimate of drug-likeness (QED) is 0.785. The van der Waals surface area contributed by atoms with Crippen LogP contribution in [0.2, 0.25) is 0 Å². The summed E-state index contributed by atoms with van der Waals surface area (Å²) in [5.74, 6) is 2.86. The molecule has 16 heavy (non-hydrogen) atoms. The van der Waals surface area contributed by atoms with Gasteiger partial charge >= 0.3 is 5.97 Å². The highest BCUT2D eigenvalue weighted by molar-refractivity contribution is 5.84. The van der Waals surface area contributed by atoms with Crippen LogP contribution in [-0.4, -0.2) is 27.8 Å². The summed E-state index contributed by atoms with van der Waals surface area (Å²) in [5.41, 5.74) is 0. The van der Waals surface area contributed by atoms with E-state index in [9.17, 15) is 4.79 Å². The van der Waals surface area contributed by atoms with Gasteiger partial charge in [-0.25, -0.2) is 9.78 Å². The van der Waals surface area contributed by atoms with Gasteiger partial charge in [0.15, 0.2) is 0 Å². The lowest BCUT2D eigenvalue weighted by Crippen LogP contribution is -2.07. The molecule has 1 N–H and O–H groups in total. The van der Waals surface area contributed by atoms with Crippen LogP contribution in [0.3, 0.4) is 0 Å². The van der Waals surface area contributed by atoms with Crippen molar-refractivity contribution in [3.8, 4) is 0 Å². The molecule has 1 heterocycles. The fourth-order valence-corrected chi connectivity index (χ4v) is 2.68. The van der Waals surface area contributed by atoms with E-state index in [1.165, 1.54) is 19.3 Å². The van der Waals surface area contributed by atoms with E-state index in [0.29, 0.717) is 12.5 Å². The molecule has 2 aliphatic carbocycles. The number of carbonyl (C=O) groups excluding carboxylic acids is 1. The second-order valence-corrected chi connectivity index (χ2v) is 4.69. The van der Waals surface area contributed by atoms with Gasteiger partial charge in [0.1, 0.15) is 5.82 Å². The molecule has 2 aliphatic rings. The maximum atomic E-state index is 11.4. The van der Waals surface area contributed by atoms with Crippen LogP contribution in [-0.2, 0) is 4.74 Å². The van der Waals surface area contributed by atoms with Crippen LogP contribution in [0.5, 0.6) is 0 Å². The maximum absolute atomic E-state index is 11.4. The minimum absolute atomic E-state index is 0.164. The zero-order valence-electron chi connectivity index (χ0n) is 9.27. The van der Waals surface area contributed by atoms with Gasteiger partial charge in [-0.1, -0.05) is 0 Å². The summed E-state index contributed by atoms with van der Waals surface area (Å²) < 4.78 is 4.85. The predicted octanol–water partition coefficient (Wildman–Crippen LogP) is 1.49. The first-order valence-electron chi connectivity index (χ1n) is 5.87. The summed E-state index contributed by atoms with van der Waals surface area (Å²) in [5, 5.41) is 6.77. The average molecular weight is 221 g/mol. The number of nitrogens with one attached hydrogen (secondary N) is 1. The normalized spacial score (nSPS) is 31.2. The summed E-state index contributed by atoms with van der Waals surface area (Å²) in [6.45, 7) is 2.13. The van der Waals surface area contributed by atoms with Crippen molar-refractivity contribution in [1.82, 2.24) is 15.2 Å². The van der Waals surface area contributed by atoms with Gasteiger partial charge in [0.25, 0.3) is 5.82 Å². The molecule has 0 radical (unpaired) electrons. The molecule has 0 bridgehead atoms. The van der Waals surface area contributed by atoms with E-state index in [1.54, 1.807) is 6.92 Å². The molecule has 2 fully saturated rings. The molecule has 1 aromatic heterocycles. The highest BCUT2D eigenvalue weighted by atomic mass is 16.5. The Morgan fingerprint density at radius 3 is 2.88 bits per heavy atom. The van der Waals surface area contributed by atoms with Crippen molar-refractivity contribution in [3.05, 3.63) is 11.6 Å². The van der Waals surface area contributed by atoms with Gasteiger partial charge in [-0.05, 0) is 38.0 Å². The molecular weight excluding hydrogens is 206 g/mol. The fraction of sp³-hybridized carbons (Fsp3) is 0.727. The van der Waals surface area contributed by atoms with E-state index in [0.717, 1.165) is 17.7 Å². The molecule has 0 amide bonds. The maximum Gasteiger partial charge on any atom is 0.378 e. The Hall–Kier alpha value is -1.39. The molecule has 2 saturated carbocycles. The largest absolute Gasteiger partial charge is 0.460 e. The Morgan fingerprint density at radius 2 is 2.19 bits per heavy atom. The number of nitrogens with zero attached hydrogens (tertiary/aromatic N) is 2. The first kappa shape index (κ1) is 9.81. The Kier molecular flexibility index (Phi) is 2.19. The van der Waals surface area contributed by atoms with E-state index in [4.69, 9.17) is 4.74 Å². The number of aromatic nitrogens is 3. The highest BCUT2D eigenvalue weighted by Crippen LogP contribution is 2.56. The summed E-state index contributed by atoms with van der Waals surface area (Å²) in [4.78, 5) is 15.6. The Morgan fingerprint density at radius 1 is 1.44 bits per heavy atom. The summed E-state index contributed by atoms with van der Waals surface area (Å²) >= 11 is 0. The third-order valence-electron chi connectivity index (χ3n) is 3.59. The van der Waals surface area contributed by atoms with Gasteiger partial charge in [-0.3, -0.25) is 5.10 Å². The Labute approximate surface area is 93.6 Å². The van der Waals surface area contributed by atoms with Crippen molar-refractivity contribution in [2.75, 3.05) is 6.61 Å². The van der Waals surface area contributed by atoms with E-state index in [2.05, 4.69) is 15.2 Å². The van der Waals surface area contributed by atoms with Gasteiger partial charge in [-0.2, -0.15) is 0 Å². The first-order chi connectivity index (χ1) is 7.78. The first-order valence-corrected chi connectivity index (χ1v) is 5.87. The summed E-state index contributed by atoms with van der Waals surface area (Å²) in [6.07, 6.45) is 3.78. The van der Waals surface area contributed by atoms with Crippen molar-refractivity contribution in [2.45, 2.75) is 32.1 Å². The zero-order valence-corrected chi connectivity index (χ0v) is 9.27. The Bertz CT molecular complexity index is 405. The molecule has 0 aliphatic heterocycles. The van der Waals surface area contributed by atoms with E-state index in [-0.39, 0.29) is 5.82 Å². The molecule has 86 valence electrons. The van der Waals surface area contributed by atoms with E-state index in [1.807, 2.05) is 0 Å². The second-order valence-electron chi connectivity index (χ2n) is 4.69. The molecule has 0 saturated heterocycles. The number of esters is 1. The monoisotopic (exact) mass is 221 g/mol. The lowest BCUT2D eigenvalue weighted by molar-refractivity contribution is 0.0512. The minimum Gasteiger partial charge on any atom is -0.460 e. The average Bonchev–Trinajstić information content (AvgIpc) is 2.74. The molecular formula is C11H15N3O2. The van der Waals surface area contributed by atoms with Gasteiger partial charge < -0.3 is 4.74 Å². The van der Waals surface area contributed by atoms with Crippen molar-refractivity contribution in [2.24, 2.45) is 11.8 Å². The van der Waals surface area contributed by atoms with Gasteiger partial charge in [-0.15, -0.1) is 5.10 Å². The molecule has 2 atom stereocenters. The van der Waals surface area contributed by atoms with Crippen LogP contribution >= 0.6 is 0 Å². The van der Waals surface area contributed by atoms with Crippen molar-refractivity contribution < 1.29 is 9.53 Å². The third-order valence-corrected chi connectivity index (χ3v) is 3.59. The van der Waals surface area contributed by atoms with Crippen LogP contribution in [0.4, 0.5) is 0 Å². The SMILES string of the molecule is CCOC(=O)c1n[nH]c(C2CC3CC3C2)n1. The molecule has 0 aromatic carbocycles. The number of aromatic amines is 1. The molecule has 5 nitrogen and oxygen atoms in total. The van der Waals surface area contributed by atoms with Crippen LogP contribution in [0.15, 0.2) is 0 Å². The standard InChI is InChI=1S/C11H15N3O2/c1-2-16-11(15)10-12-9(13-14-10)8-4-6-3-7(6)5-8/h6-8H,2-5H2,1H3,(H,12,13,14). The zero-order chi connectivity index (χ0) is 11.1. The fourth-order valence-electron chi connectivity index (χ4n) is 2.68. The van der Waals surface area contributed by atoms with E-state index < -0.39 is 5.97 Å². The highest BCUT2D eigenvalue weighted by Gasteiger charge is 2.47. The number of hydrogen-bond donors (Lipinski definition) is 1. The molecule has 5 heteroatoms. The van der Waals surface area contributed by atoms with Crippen LogP contribution in [0, 0.1) is 11.8 Å². The minimum atomic E-state index is -0.437. The number of hydrogen-bond acceptors (Lipinski definition) is 4. The molecule has 0 spiro atoms.